The van der Waals surface area contributed by atoms with E-state index in [1.54, 1.807) is 0 Å². The summed E-state index contributed by atoms with van der Waals surface area (Å²) in [6.45, 7) is 0.853. The van der Waals surface area contributed by atoms with E-state index in [-0.39, 0.29) is 0 Å². The summed E-state index contributed by atoms with van der Waals surface area (Å²) in [5.41, 5.74) is 1.15. The number of para-hydroxylation sites is 1. The predicted octanol–water partition coefficient (Wildman–Crippen LogP) is 2.84. The minimum absolute atomic E-state index is 0.853. The molecule has 0 spiro atoms. The molecule has 1 aliphatic heterocycles. The van der Waals surface area contributed by atoms with Gasteiger partial charge in [-0.25, -0.2) is 4.98 Å². The van der Waals surface area contributed by atoms with Gasteiger partial charge in [0.15, 0.2) is 0 Å². The second-order valence-corrected chi connectivity index (χ2v) is 3.83. The third kappa shape index (κ3) is 1.87. The maximum Gasteiger partial charge on any atom is 0.147 e. The largest absolute Gasteiger partial charge is 0.260 e. The van der Waals surface area contributed by atoms with Crippen molar-refractivity contribution in [2.75, 3.05) is 16.6 Å². The zero-order valence-electron chi connectivity index (χ0n) is 9.40. The van der Waals surface area contributed by atoms with Crippen LogP contribution in [-0.4, -0.2) is 11.5 Å². The van der Waals surface area contributed by atoms with Gasteiger partial charge in [-0.2, -0.15) is 0 Å². The highest BCUT2D eigenvalue weighted by atomic mass is 15.6. The SMILES string of the molecule is C1=CN(c2ccccc2)N(c2ccccn2)C1. The number of anilines is 2. The Morgan fingerprint density at radius 3 is 2.53 bits per heavy atom. The molecule has 0 bridgehead atoms. The lowest BCUT2D eigenvalue weighted by atomic mass is 10.3. The molecule has 0 fully saturated rings. The van der Waals surface area contributed by atoms with Crippen LogP contribution in [0.25, 0.3) is 0 Å². The summed E-state index contributed by atoms with van der Waals surface area (Å²) in [5.74, 6) is 0.960. The Morgan fingerprint density at radius 1 is 0.941 bits per heavy atom. The highest BCUT2D eigenvalue weighted by Crippen LogP contribution is 2.24. The molecular formula is C14H13N3. The maximum absolute atomic E-state index is 4.38. The molecule has 17 heavy (non-hydrogen) atoms. The predicted molar refractivity (Wildman–Crippen MR) is 69.6 cm³/mol. The standard InChI is InChI=1S/C14H13N3/c1-2-7-13(8-3-1)16-11-6-12-17(16)14-9-4-5-10-15-14/h1-11H,12H2. The van der Waals surface area contributed by atoms with Gasteiger partial charge in [0.1, 0.15) is 5.82 Å². The fourth-order valence-corrected chi connectivity index (χ4v) is 1.93. The molecule has 1 aromatic carbocycles. The molecule has 3 rings (SSSR count). The fraction of sp³-hybridized carbons (Fsp3) is 0.0714. The van der Waals surface area contributed by atoms with Crippen LogP contribution in [0.5, 0.6) is 0 Å². The Hall–Kier alpha value is -2.29. The monoisotopic (exact) mass is 223 g/mol. The van der Waals surface area contributed by atoms with E-state index in [1.165, 1.54) is 0 Å². The Kier molecular flexibility index (Phi) is 2.50. The molecule has 3 heteroatoms. The molecule has 1 aliphatic rings. The molecule has 2 heterocycles. The Bertz CT molecular complexity index is 508. The van der Waals surface area contributed by atoms with E-state index < -0.39 is 0 Å². The fourth-order valence-electron chi connectivity index (χ4n) is 1.93. The van der Waals surface area contributed by atoms with E-state index >= 15 is 0 Å². The molecule has 0 saturated heterocycles. The summed E-state index contributed by atoms with van der Waals surface area (Å²) in [6.07, 6.45) is 6.02. The molecule has 0 radical (unpaired) electrons. The summed E-state index contributed by atoms with van der Waals surface area (Å²) < 4.78 is 0. The van der Waals surface area contributed by atoms with Gasteiger partial charge < -0.3 is 0 Å². The van der Waals surface area contributed by atoms with Gasteiger partial charge in [-0.3, -0.25) is 10.0 Å². The second kappa shape index (κ2) is 4.29. The van der Waals surface area contributed by atoms with Gasteiger partial charge in [0.05, 0.1) is 12.2 Å². The van der Waals surface area contributed by atoms with Crippen molar-refractivity contribution in [3.8, 4) is 0 Å². The first kappa shape index (κ1) is 9.90. The summed E-state index contributed by atoms with van der Waals surface area (Å²) >= 11 is 0. The maximum atomic E-state index is 4.38. The number of hydrogen-bond donors (Lipinski definition) is 0. The van der Waals surface area contributed by atoms with Crippen LogP contribution in [-0.2, 0) is 0 Å². The molecule has 1 aromatic heterocycles. The van der Waals surface area contributed by atoms with Crippen molar-refractivity contribution in [3.63, 3.8) is 0 Å². The van der Waals surface area contributed by atoms with Gasteiger partial charge in [0.2, 0.25) is 0 Å². The normalized spacial score (nSPS) is 14.4. The molecule has 0 atom stereocenters. The lowest BCUT2D eigenvalue weighted by molar-refractivity contribution is 0.897. The van der Waals surface area contributed by atoms with Gasteiger partial charge in [-0.1, -0.05) is 24.3 Å². The quantitative estimate of drug-likeness (QED) is 0.780. The number of hydrogen-bond acceptors (Lipinski definition) is 3. The number of pyridine rings is 1. The first-order valence-corrected chi connectivity index (χ1v) is 5.64. The average Bonchev–Trinajstić information content (AvgIpc) is 2.90. The van der Waals surface area contributed by atoms with E-state index in [2.05, 4.69) is 39.4 Å². The molecular weight excluding hydrogens is 210 g/mol. The second-order valence-electron chi connectivity index (χ2n) is 3.83. The third-order valence-corrected chi connectivity index (χ3v) is 2.72. The van der Waals surface area contributed by atoms with Crippen molar-refractivity contribution < 1.29 is 0 Å². The van der Waals surface area contributed by atoms with Crippen molar-refractivity contribution in [1.29, 1.82) is 0 Å². The first-order valence-electron chi connectivity index (χ1n) is 5.64. The van der Waals surface area contributed by atoms with Gasteiger partial charge in [0.25, 0.3) is 0 Å². The van der Waals surface area contributed by atoms with Crippen LogP contribution in [0.2, 0.25) is 0 Å². The molecule has 2 aromatic rings. The lowest BCUT2D eigenvalue weighted by Crippen LogP contribution is -2.35. The number of nitrogens with zero attached hydrogens (tertiary/aromatic N) is 3. The minimum Gasteiger partial charge on any atom is -0.260 e. The summed E-state index contributed by atoms with van der Waals surface area (Å²) in [7, 11) is 0. The summed E-state index contributed by atoms with van der Waals surface area (Å²) in [4.78, 5) is 4.38. The molecule has 0 unspecified atom stereocenters. The minimum atomic E-state index is 0.853. The molecule has 84 valence electrons. The number of aromatic nitrogens is 1. The van der Waals surface area contributed by atoms with E-state index in [1.807, 2.05) is 42.6 Å². The van der Waals surface area contributed by atoms with Gasteiger partial charge >= 0.3 is 0 Å². The number of benzene rings is 1. The van der Waals surface area contributed by atoms with E-state index in [0.29, 0.717) is 0 Å². The van der Waals surface area contributed by atoms with E-state index in [0.717, 1.165) is 18.1 Å². The zero-order chi connectivity index (χ0) is 11.5. The van der Waals surface area contributed by atoms with Crippen molar-refractivity contribution in [2.24, 2.45) is 0 Å². The smallest absolute Gasteiger partial charge is 0.147 e. The number of hydrazine groups is 1. The van der Waals surface area contributed by atoms with Crippen LogP contribution in [0.3, 0.4) is 0 Å². The van der Waals surface area contributed by atoms with Gasteiger partial charge in [0, 0.05) is 12.4 Å². The summed E-state index contributed by atoms with van der Waals surface area (Å²) in [6, 6.07) is 16.2. The first-order chi connectivity index (χ1) is 8.45. The number of rotatable bonds is 2. The third-order valence-electron chi connectivity index (χ3n) is 2.72. The van der Waals surface area contributed by atoms with Crippen LogP contribution >= 0.6 is 0 Å². The molecule has 0 amide bonds. The molecule has 3 nitrogen and oxygen atoms in total. The van der Waals surface area contributed by atoms with Crippen LogP contribution in [0.15, 0.2) is 67.0 Å². The average molecular weight is 223 g/mol. The Labute approximate surface area is 101 Å². The van der Waals surface area contributed by atoms with E-state index in [4.69, 9.17) is 0 Å². The highest BCUT2D eigenvalue weighted by Gasteiger charge is 2.18. The van der Waals surface area contributed by atoms with Gasteiger partial charge in [-0.15, -0.1) is 0 Å². The van der Waals surface area contributed by atoms with Crippen molar-refractivity contribution in [3.05, 3.63) is 67.0 Å². The molecule has 0 aliphatic carbocycles. The Morgan fingerprint density at radius 2 is 1.76 bits per heavy atom. The van der Waals surface area contributed by atoms with Crippen molar-refractivity contribution in [1.82, 2.24) is 4.98 Å². The van der Waals surface area contributed by atoms with Crippen molar-refractivity contribution in [2.45, 2.75) is 0 Å². The van der Waals surface area contributed by atoms with Gasteiger partial charge in [-0.05, 0) is 30.3 Å². The topological polar surface area (TPSA) is 19.4 Å². The van der Waals surface area contributed by atoms with Crippen LogP contribution in [0, 0.1) is 0 Å². The molecule has 0 saturated carbocycles. The zero-order valence-corrected chi connectivity index (χ0v) is 9.40. The van der Waals surface area contributed by atoms with Crippen LogP contribution < -0.4 is 10.0 Å². The Balaban J connectivity index is 1.93. The van der Waals surface area contributed by atoms with Crippen molar-refractivity contribution >= 4 is 11.5 Å². The van der Waals surface area contributed by atoms with Crippen LogP contribution in [0.1, 0.15) is 0 Å². The highest BCUT2D eigenvalue weighted by molar-refractivity contribution is 5.59. The lowest BCUT2D eigenvalue weighted by Gasteiger charge is -2.29. The van der Waals surface area contributed by atoms with Crippen LogP contribution in [0.4, 0.5) is 11.5 Å². The molecule has 0 N–H and O–H groups in total. The van der Waals surface area contributed by atoms with E-state index in [9.17, 15) is 0 Å². The summed E-state index contributed by atoms with van der Waals surface area (Å²) in [5, 5.41) is 4.25.